The molecule has 0 aromatic heterocycles. The minimum atomic E-state index is -1.16. The van der Waals surface area contributed by atoms with E-state index in [-0.39, 0.29) is 24.8 Å². The fraction of sp³-hybridized carbons (Fsp3) is 0.875. The van der Waals surface area contributed by atoms with Gasteiger partial charge in [-0.2, -0.15) is 0 Å². The smallest absolute Gasteiger partial charge is 0.332 e. The summed E-state index contributed by atoms with van der Waals surface area (Å²) in [5, 5.41) is 17.6. The van der Waals surface area contributed by atoms with E-state index in [2.05, 4.69) is 16.4 Å². The van der Waals surface area contributed by atoms with E-state index in [1.807, 2.05) is 0 Å². The van der Waals surface area contributed by atoms with Crippen LogP contribution in [-0.2, 0) is 23.9 Å². The zero-order valence-corrected chi connectivity index (χ0v) is 20.0. The van der Waals surface area contributed by atoms with E-state index in [0.29, 0.717) is 19.6 Å². The van der Waals surface area contributed by atoms with E-state index in [0.717, 1.165) is 12.8 Å². The SMILES string of the molecule is CCCCCCCCCCCCCCC(O)C(=O)O.CCOC(=O)CCC(=O)OCC. The lowest BCUT2D eigenvalue weighted by molar-refractivity contribution is -0.149. The van der Waals surface area contributed by atoms with Crippen LogP contribution in [0.4, 0.5) is 0 Å². The van der Waals surface area contributed by atoms with Crippen molar-refractivity contribution in [3.05, 3.63) is 0 Å². The number of aliphatic hydroxyl groups excluding tert-OH is 1. The van der Waals surface area contributed by atoms with E-state index < -0.39 is 12.1 Å². The molecule has 0 aromatic rings. The van der Waals surface area contributed by atoms with Crippen LogP contribution in [0.5, 0.6) is 0 Å². The van der Waals surface area contributed by atoms with Crippen molar-refractivity contribution in [1.29, 1.82) is 0 Å². The maximum absolute atomic E-state index is 10.7. The van der Waals surface area contributed by atoms with Crippen LogP contribution in [0.15, 0.2) is 0 Å². The lowest BCUT2D eigenvalue weighted by Crippen LogP contribution is -2.18. The Hall–Kier alpha value is -1.63. The molecule has 0 aliphatic carbocycles. The molecule has 0 fully saturated rings. The third kappa shape index (κ3) is 26.3. The molecule has 7 nitrogen and oxygen atoms in total. The highest BCUT2D eigenvalue weighted by molar-refractivity contribution is 5.77. The third-order valence-electron chi connectivity index (χ3n) is 4.76. The summed E-state index contributed by atoms with van der Waals surface area (Å²) in [6.45, 7) is 6.39. The molecule has 0 aromatic carbocycles. The van der Waals surface area contributed by atoms with E-state index in [1.165, 1.54) is 64.2 Å². The summed E-state index contributed by atoms with van der Waals surface area (Å²) in [7, 11) is 0. The number of carboxylic acids is 1. The second-order valence-corrected chi connectivity index (χ2v) is 7.64. The van der Waals surface area contributed by atoms with Crippen LogP contribution in [0, 0.1) is 0 Å². The number of hydrogen-bond donors (Lipinski definition) is 2. The fourth-order valence-electron chi connectivity index (χ4n) is 2.97. The molecule has 1 unspecified atom stereocenters. The van der Waals surface area contributed by atoms with E-state index in [4.69, 9.17) is 10.2 Å². The molecule has 0 bridgehead atoms. The number of carbonyl (C=O) groups excluding carboxylic acids is 2. The zero-order chi connectivity index (χ0) is 23.7. The van der Waals surface area contributed by atoms with Gasteiger partial charge in [-0.15, -0.1) is 0 Å². The molecule has 0 heterocycles. The van der Waals surface area contributed by atoms with Gasteiger partial charge in [0.2, 0.25) is 0 Å². The van der Waals surface area contributed by atoms with Gasteiger partial charge in [-0.1, -0.05) is 84.0 Å². The Morgan fingerprint density at radius 3 is 1.32 bits per heavy atom. The molecule has 31 heavy (non-hydrogen) atoms. The molecular weight excluding hydrogens is 400 g/mol. The monoisotopic (exact) mass is 446 g/mol. The van der Waals surface area contributed by atoms with E-state index >= 15 is 0 Å². The number of ether oxygens (including phenoxy) is 2. The predicted octanol–water partition coefficient (Wildman–Crippen LogP) is 5.42. The molecule has 2 N–H and O–H groups in total. The van der Waals surface area contributed by atoms with E-state index in [9.17, 15) is 14.4 Å². The lowest BCUT2D eigenvalue weighted by atomic mass is 10.0. The maximum Gasteiger partial charge on any atom is 0.332 e. The second-order valence-electron chi connectivity index (χ2n) is 7.64. The van der Waals surface area contributed by atoms with Crippen LogP contribution in [0.1, 0.15) is 117 Å². The van der Waals surface area contributed by atoms with Crippen LogP contribution in [0.25, 0.3) is 0 Å². The summed E-state index contributed by atoms with van der Waals surface area (Å²) in [6, 6.07) is 0. The molecule has 0 saturated heterocycles. The molecule has 184 valence electrons. The minimum absolute atomic E-state index is 0.104. The van der Waals surface area contributed by atoms with Crippen LogP contribution < -0.4 is 0 Å². The highest BCUT2D eigenvalue weighted by Gasteiger charge is 2.11. The number of carbonyl (C=O) groups is 3. The molecule has 0 spiro atoms. The quantitative estimate of drug-likeness (QED) is 0.201. The minimum Gasteiger partial charge on any atom is -0.479 e. The van der Waals surface area contributed by atoms with Gasteiger partial charge in [0.1, 0.15) is 0 Å². The van der Waals surface area contributed by atoms with Crippen molar-refractivity contribution in [3.63, 3.8) is 0 Å². The molecule has 0 radical (unpaired) electrons. The summed E-state index contributed by atoms with van der Waals surface area (Å²) in [4.78, 5) is 31.8. The molecule has 0 aliphatic rings. The van der Waals surface area contributed by atoms with Crippen LogP contribution in [0.3, 0.4) is 0 Å². The molecular formula is C24H46O7. The van der Waals surface area contributed by atoms with Gasteiger partial charge in [-0.3, -0.25) is 9.59 Å². The Labute approximate surface area is 188 Å². The average molecular weight is 447 g/mol. The third-order valence-corrected chi connectivity index (χ3v) is 4.76. The van der Waals surface area contributed by atoms with Gasteiger partial charge in [0, 0.05) is 0 Å². The number of carboxylic acid groups (broad SMARTS) is 1. The largest absolute Gasteiger partial charge is 0.479 e. The van der Waals surface area contributed by atoms with Gasteiger partial charge in [0.05, 0.1) is 26.1 Å². The molecule has 0 rings (SSSR count). The first-order valence-corrected chi connectivity index (χ1v) is 12.1. The topological polar surface area (TPSA) is 110 Å². The Balaban J connectivity index is 0. The molecule has 1 atom stereocenters. The summed E-state index contributed by atoms with van der Waals surface area (Å²) in [5.41, 5.74) is 0. The number of aliphatic carboxylic acids is 1. The first-order valence-electron chi connectivity index (χ1n) is 12.1. The zero-order valence-electron chi connectivity index (χ0n) is 20.0. The van der Waals surface area contributed by atoms with Gasteiger partial charge >= 0.3 is 17.9 Å². The van der Waals surface area contributed by atoms with Crippen molar-refractivity contribution < 1.29 is 34.1 Å². The van der Waals surface area contributed by atoms with Crippen molar-refractivity contribution in [1.82, 2.24) is 0 Å². The second kappa shape index (κ2) is 24.6. The Kier molecular flexibility index (Phi) is 25.1. The summed E-state index contributed by atoms with van der Waals surface area (Å²) >= 11 is 0. The van der Waals surface area contributed by atoms with Gasteiger partial charge in [-0.05, 0) is 20.3 Å². The number of unbranched alkanes of at least 4 members (excludes halogenated alkanes) is 11. The van der Waals surface area contributed by atoms with Crippen molar-refractivity contribution in [2.45, 2.75) is 123 Å². The standard InChI is InChI=1S/C16H32O3.C8H14O4/c1-2-3-4-5-6-7-8-9-10-11-12-13-14-15(17)16(18)19;1-3-11-7(9)5-6-8(10)12-4-2/h15,17H,2-14H2,1H3,(H,18,19);3-6H2,1-2H3. The van der Waals surface area contributed by atoms with Gasteiger partial charge in [0.25, 0.3) is 0 Å². The maximum atomic E-state index is 10.7. The van der Waals surface area contributed by atoms with Crippen molar-refractivity contribution in [3.8, 4) is 0 Å². The fourth-order valence-corrected chi connectivity index (χ4v) is 2.97. The molecule has 0 amide bonds. The summed E-state index contributed by atoms with van der Waals surface area (Å²) < 4.78 is 9.25. The molecule has 7 heteroatoms. The van der Waals surface area contributed by atoms with Crippen LogP contribution in [-0.4, -0.2) is 47.4 Å². The van der Waals surface area contributed by atoms with Crippen molar-refractivity contribution >= 4 is 17.9 Å². The first-order chi connectivity index (χ1) is 14.9. The van der Waals surface area contributed by atoms with Crippen LogP contribution >= 0.6 is 0 Å². The van der Waals surface area contributed by atoms with Gasteiger partial charge in [-0.25, -0.2) is 4.79 Å². The first kappa shape index (κ1) is 31.6. The number of esters is 2. The molecule has 0 saturated carbocycles. The lowest BCUT2D eigenvalue weighted by Gasteiger charge is -2.05. The Morgan fingerprint density at radius 1 is 0.645 bits per heavy atom. The van der Waals surface area contributed by atoms with Crippen molar-refractivity contribution in [2.75, 3.05) is 13.2 Å². The number of hydrogen-bond acceptors (Lipinski definition) is 6. The summed E-state index contributed by atoms with van der Waals surface area (Å²) in [6.07, 6.45) is 14.6. The summed E-state index contributed by atoms with van der Waals surface area (Å²) in [5.74, 6) is -1.81. The average Bonchev–Trinajstić information content (AvgIpc) is 2.73. The predicted molar refractivity (Wildman–Crippen MR) is 122 cm³/mol. The number of aliphatic hydroxyl groups is 1. The van der Waals surface area contributed by atoms with E-state index in [1.54, 1.807) is 13.8 Å². The van der Waals surface area contributed by atoms with Gasteiger partial charge in [0.15, 0.2) is 6.10 Å². The van der Waals surface area contributed by atoms with Crippen LogP contribution in [0.2, 0.25) is 0 Å². The molecule has 0 aliphatic heterocycles. The van der Waals surface area contributed by atoms with Crippen molar-refractivity contribution in [2.24, 2.45) is 0 Å². The highest BCUT2D eigenvalue weighted by Crippen LogP contribution is 2.13. The Bertz CT molecular complexity index is 420. The number of rotatable bonds is 19. The Morgan fingerprint density at radius 2 is 1.00 bits per heavy atom. The highest BCUT2D eigenvalue weighted by atomic mass is 16.5. The van der Waals surface area contributed by atoms with Gasteiger partial charge < -0.3 is 19.7 Å². The normalized spacial score (nSPS) is 11.2.